The Balaban J connectivity index is 1.65. The lowest BCUT2D eigenvalue weighted by Gasteiger charge is -2.36. The Morgan fingerprint density at radius 3 is 2.32 bits per heavy atom. The quantitative estimate of drug-likeness (QED) is 0.442. The third kappa shape index (κ3) is 8.00. The van der Waals surface area contributed by atoms with Gasteiger partial charge in [-0.3, -0.25) is 9.69 Å². The molecule has 2 aromatic rings. The van der Waals surface area contributed by atoms with Crippen LogP contribution in [0.4, 0.5) is 4.79 Å². The van der Waals surface area contributed by atoms with Crippen LogP contribution in [0.3, 0.4) is 0 Å². The smallest absolute Gasteiger partial charge is 0.408 e. The van der Waals surface area contributed by atoms with Crippen LogP contribution in [0, 0.1) is 3.57 Å². The van der Waals surface area contributed by atoms with E-state index in [1.165, 1.54) is 0 Å². The molecule has 1 saturated heterocycles. The van der Waals surface area contributed by atoms with Crippen LogP contribution in [-0.2, 0) is 22.5 Å². The second kappa shape index (κ2) is 11.9. The lowest BCUT2D eigenvalue weighted by atomic mass is 10.0. The van der Waals surface area contributed by atoms with Crippen LogP contribution in [0.25, 0.3) is 0 Å². The van der Waals surface area contributed by atoms with E-state index in [1.807, 2.05) is 41.3 Å². The van der Waals surface area contributed by atoms with Crippen molar-refractivity contribution in [3.63, 3.8) is 0 Å². The summed E-state index contributed by atoms with van der Waals surface area (Å²) in [6.45, 7) is 8.61. The van der Waals surface area contributed by atoms with Crippen molar-refractivity contribution in [2.45, 2.75) is 45.4 Å². The molecule has 0 spiro atoms. The number of piperazine rings is 1. The predicted octanol–water partition coefficient (Wildman–Crippen LogP) is 5.38. The average molecular weight is 618 g/mol. The van der Waals surface area contributed by atoms with Gasteiger partial charge in [-0.15, -0.1) is 0 Å². The molecule has 0 saturated carbocycles. The van der Waals surface area contributed by atoms with Gasteiger partial charge in [0.1, 0.15) is 11.6 Å². The van der Waals surface area contributed by atoms with Crippen molar-refractivity contribution >= 4 is 57.8 Å². The van der Waals surface area contributed by atoms with Gasteiger partial charge in [-0.1, -0.05) is 47.5 Å². The minimum Gasteiger partial charge on any atom is -0.444 e. The maximum Gasteiger partial charge on any atom is 0.408 e. The molecule has 184 valence electrons. The Kier molecular flexibility index (Phi) is 9.49. The number of carbonyl (C=O) groups excluding carboxylic acids is 2. The minimum atomic E-state index is -0.705. The second-order valence-corrected chi connectivity index (χ2v) is 11.4. The number of rotatable bonds is 6. The molecular formula is C25H30Cl2IN3O3. The third-order valence-corrected chi connectivity index (χ3v) is 7.03. The van der Waals surface area contributed by atoms with Crippen LogP contribution in [0.1, 0.15) is 31.9 Å². The number of amides is 2. The number of hydrogen-bond acceptors (Lipinski definition) is 4. The van der Waals surface area contributed by atoms with Gasteiger partial charge >= 0.3 is 6.09 Å². The number of nitrogens with one attached hydrogen (secondary N) is 1. The zero-order valence-electron chi connectivity index (χ0n) is 19.6. The number of hydrogen-bond donors (Lipinski definition) is 1. The van der Waals surface area contributed by atoms with Gasteiger partial charge in [0.15, 0.2) is 0 Å². The summed E-state index contributed by atoms with van der Waals surface area (Å²) in [6.07, 6.45) is -0.196. The fourth-order valence-electron chi connectivity index (χ4n) is 3.76. The first-order valence-electron chi connectivity index (χ1n) is 11.2. The van der Waals surface area contributed by atoms with Crippen molar-refractivity contribution in [1.29, 1.82) is 0 Å². The van der Waals surface area contributed by atoms with E-state index in [-0.39, 0.29) is 5.91 Å². The summed E-state index contributed by atoms with van der Waals surface area (Å²) in [5.74, 6) is -0.107. The summed E-state index contributed by atoms with van der Waals surface area (Å²) in [6, 6.07) is 12.9. The zero-order chi connectivity index (χ0) is 24.9. The molecule has 9 heteroatoms. The van der Waals surface area contributed by atoms with E-state index < -0.39 is 17.7 Å². The first kappa shape index (κ1) is 27.0. The van der Waals surface area contributed by atoms with E-state index in [4.69, 9.17) is 27.9 Å². The molecule has 1 N–H and O–H groups in total. The highest BCUT2D eigenvalue weighted by molar-refractivity contribution is 14.1. The summed E-state index contributed by atoms with van der Waals surface area (Å²) in [5.41, 5.74) is 1.30. The number of ether oxygens (including phenoxy) is 1. The van der Waals surface area contributed by atoms with Crippen LogP contribution >= 0.6 is 45.8 Å². The average Bonchev–Trinajstić information content (AvgIpc) is 2.77. The van der Waals surface area contributed by atoms with Gasteiger partial charge in [0.2, 0.25) is 5.91 Å². The fourth-order valence-corrected chi connectivity index (χ4v) is 4.50. The Labute approximate surface area is 225 Å². The van der Waals surface area contributed by atoms with Gasteiger partial charge in [-0.05, 0) is 72.7 Å². The first-order chi connectivity index (χ1) is 16.0. The molecule has 34 heavy (non-hydrogen) atoms. The molecular weight excluding hydrogens is 588 g/mol. The molecule has 0 bridgehead atoms. The maximum absolute atomic E-state index is 13.4. The van der Waals surface area contributed by atoms with Crippen LogP contribution in [0.2, 0.25) is 10.0 Å². The molecule has 1 aliphatic rings. The molecule has 2 aromatic carbocycles. The summed E-state index contributed by atoms with van der Waals surface area (Å²) in [4.78, 5) is 30.0. The lowest BCUT2D eigenvalue weighted by Crippen LogP contribution is -2.55. The van der Waals surface area contributed by atoms with Crippen LogP contribution in [0.15, 0.2) is 42.5 Å². The van der Waals surface area contributed by atoms with Crippen molar-refractivity contribution in [2.24, 2.45) is 0 Å². The molecule has 0 unspecified atom stereocenters. The highest BCUT2D eigenvalue weighted by Gasteiger charge is 2.30. The molecule has 1 atom stereocenters. The van der Waals surface area contributed by atoms with Crippen LogP contribution in [0.5, 0.6) is 0 Å². The number of halogens is 3. The van der Waals surface area contributed by atoms with Gasteiger partial charge in [-0.2, -0.15) is 0 Å². The molecule has 0 radical (unpaired) electrons. The normalized spacial score (nSPS) is 15.6. The topological polar surface area (TPSA) is 61.9 Å². The predicted molar refractivity (Wildman–Crippen MR) is 144 cm³/mol. The van der Waals surface area contributed by atoms with E-state index in [2.05, 4.69) is 32.8 Å². The molecule has 2 amide bonds. The number of alkyl carbamates (subject to hydrolysis) is 1. The minimum absolute atomic E-state index is 0.107. The van der Waals surface area contributed by atoms with Crippen LogP contribution < -0.4 is 5.32 Å². The van der Waals surface area contributed by atoms with Gasteiger partial charge in [0.05, 0.1) is 10.0 Å². The summed E-state index contributed by atoms with van der Waals surface area (Å²) < 4.78 is 6.52. The Hall–Kier alpha value is -1.55. The number of nitrogens with zero attached hydrogens (tertiary/aromatic N) is 2. The van der Waals surface area contributed by atoms with E-state index in [0.717, 1.165) is 14.7 Å². The third-order valence-electron chi connectivity index (χ3n) is 5.45. The standard InChI is InChI=1S/C25H30Cl2IN3O3/c1-25(2,3)34-24(33)29-21(15-17-7-9-19(28)10-8-17)23(32)31-13-11-30(12-14-31)16-18-5-4-6-20(26)22(18)27/h4-10,21H,11-16H2,1-3H3,(H,29,33)/t21-/m0/s1. The van der Waals surface area contributed by atoms with E-state index in [1.54, 1.807) is 26.8 Å². The molecule has 1 heterocycles. The van der Waals surface area contributed by atoms with Gasteiger partial charge in [-0.25, -0.2) is 4.79 Å². The van der Waals surface area contributed by atoms with Crippen molar-refractivity contribution in [3.8, 4) is 0 Å². The zero-order valence-corrected chi connectivity index (χ0v) is 23.3. The van der Waals surface area contributed by atoms with Crippen molar-refractivity contribution in [3.05, 3.63) is 67.2 Å². The van der Waals surface area contributed by atoms with Gasteiger partial charge in [0, 0.05) is 42.7 Å². The number of carbonyl (C=O) groups is 2. The fraction of sp³-hybridized carbons (Fsp3) is 0.440. The summed E-state index contributed by atoms with van der Waals surface area (Å²) in [7, 11) is 0. The van der Waals surface area contributed by atoms with Crippen LogP contribution in [-0.4, -0.2) is 59.6 Å². The van der Waals surface area contributed by atoms with Crippen molar-refractivity contribution in [1.82, 2.24) is 15.1 Å². The highest BCUT2D eigenvalue weighted by Crippen LogP contribution is 2.27. The Morgan fingerprint density at radius 1 is 1.06 bits per heavy atom. The van der Waals surface area contributed by atoms with E-state index in [0.29, 0.717) is 49.2 Å². The Morgan fingerprint density at radius 2 is 1.71 bits per heavy atom. The Bertz CT molecular complexity index is 1000. The van der Waals surface area contributed by atoms with E-state index in [9.17, 15) is 9.59 Å². The molecule has 0 aromatic heterocycles. The van der Waals surface area contributed by atoms with Crippen molar-refractivity contribution in [2.75, 3.05) is 26.2 Å². The maximum atomic E-state index is 13.4. The molecule has 1 aliphatic heterocycles. The summed E-state index contributed by atoms with van der Waals surface area (Å²) in [5, 5.41) is 3.91. The first-order valence-corrected chi connectivity index (χ1v) is 13.0. The molecule has 3 rings (SSSR count). The van der Waals surface area contributed by atoms with E-state index >= 15 is 0 Å². The molecule has 6 nitrogen and oxygen atoms in total. The summed E-state index contributed by atoms with van der Waals surface area (Å²) >= 11 is 14.7. The lowest BCUT2D eigenvalue weighted by molar-refractivity contribution is -0.135. The monoisotopic (exact) mass is 617 g/mol. The molecule has 1 fully saturated rings. The SMILES string of the molecule is CC(C)(C)OC(=O)N[C@@H](Cc1ccc(I)cc1)C(=O)N1CCN(Cc2cccc(Cl)c2Cl)CC1. The van der Waals surface area contributed by atoms with Gasteiger partial charge in [0.25, 0.3) is 0 Å². The molecule has 0 aliphatic carbocycles. The van der Waals surface area contributed by atoms with Gasteiger partial charge < -0.3 is 15.0 Å². The second-order valence-electron chi connectivity index (χ2n) is 9.34. The largest absolute Gasteiger partial charge is 0.444 e. The highest BCUT2D eigenvalue weighted by atomic mass is 127. The number of benzene rings is 2. The van der Waals surface area contributed by atoms with Crippen molar-refractivity contribution < 1.29 is 14.3 Å².